The molecule has 2 heteroatoms. The van der Waals surface area contributed by atoms with Crippen molar-refractivity contribution in [3.8, 4) is 0 Å². The summed E-state index contributed by atoms with van der Waals surface area (Å²) in [6.07, 6.45) is 13.5. The minimum atomic E-state index is 0.423. The van der Waals surface area contributed by atoms with Crippen molar-refractivity contribution >= 4 is 0 Å². The molecule has 0 spiro atoms. The summed E-state index contributed by atoms with van der Waals surface area (Å²) in [6.45, 7) is 5.06. The van der Waals surface area contributed by atoms with E-state index in [0.29, 0.717) is 23.0 Å². The average Bonchev–Trinajstić information content (AvgIpc) is 2.82. The molecule has 0 bridgehead atoms. The van der Waals surface area contributed by atoms with Crippen molar-refractivity contribution in [1.29, 1.82) is 0 Å². The minimum absolute atomic E-state index is 0.423. The number of rotatable bonds is 1. The van der Waals surface area contributed by atoms with Crippen molar-refractivity contribution in [3.63, 3.8) is 0 Å². The SMILES string of the molecule is COC1CC[C@@]2(C)C(=CC[C@@H]3[C@H]2CC[C@]2(C)C(N)CC[C@@H]32)C1. The number of allylic oxidation sites excluding steroid dienone is 1. The van der Waals surface area contributed by atoms with Crippen LogP contribution in [0.3, 0.4) is 0 Å². The van der Waals surface area contributed by atoms with Crippen molar-refractivity contribution in [1.82, 2.24) is 0 Å². The molecule has 124 valence electrons. The number of methoxy groups -OCH3 is 1. The van der Waals surface area contributed by atoms with Crippen LogP contribution in [0.15, 0.2) is 11.6 Å². The van der Waals surface area contributed by atoms with Crippen molar-refractivity contribution < 1.29 is 4.74 Å². The first-order valence-electron chi connectivity index (χ1n) is 9.47. The van der Waals surface area contributed by atoms with Gasteiger partial charge in [0.15, 0.2) is 0 Å². The summed E-state index contributed by atoms with van der Waals surface area (Å²) < 4.78 is 5.66. The first-order chi connectivity index (χ1) is 10.5. The minimum Gasteiger partial charge on any atom is -0.381 e. The molecule has 0 saturated heterocycles. The zero-order valence-corrected chi connectivity index (χ0v) is 14.6. The van der Waals surface area contributed by atoms with Gasteiger partial charge in [0.05, 0.1) is 6.10 Å². The maximum Gasteiger partial charge on any atom is 0.0608 e. The molecule has 4 aliphatic rings. The smallest absolute Gasteiger partial charge is 0.0608 e. The van der Waals surface area contributed by atoms with Crippen molar-refractivity contribution in [2.45, 2.75) is 77.4 Å². The van der Waals surface area contributed by atoms with Crippen LogP contribution in [-0.4, -0.2) is 19.3 Å². The summed E-state index contributed by atoms with van der Waals surface area (Å²) in [5, 5.41) is 0. The van der Waals surface area contributed by atoms with Gasteiger partial charge in [-0.2, -0.15) is 0 Å². The zero-order chi connectivity index (χ0) is 15.5. The lowest BCUT2D eigenvalue weighted by Crippen LogP contribution is -2.52. The van der Waals surface area contributed by atoms with E-state index in [1.54, 1.807) is 5.57 Å². The van der Waals surface area contributed by atoms with Gasteiger partial charge >= 0.3 is 0 Å². The number of nitrogens with two attached hydrogens (primary N) is 1. The Hall–Kier alpha value is -0.340. The summed E-state index contributed by atoms with van der Waals surface area (Å²) in [6, 6.07) is 0.445. The highest BCUT2D eigenvalue weighted by molar-refractivity contribution is 5.25. The van der Waals surface area contributed by atoms with Gasteiger partial charge in [0.2, 0.25) is 0 Å². The standard InChI is InChI=1S/C20H33NO/c1-19-10-8-14(22-3)12-13(19)4-5-15-16-6-7-18(21)20(16,2)11-9-17(15)19/h4,14-18H,5-12,21H2,1-3H3/t14?,15-,16-,17+,18?,19-,20-/m0/s1. The van der Waals surface area contributed by atoms with E-state index in [1.165, 1.54) is 51.4 Å². The van der Waals surface area contributed by atoms with E-state index in [2.05, 4.69) is 19.9 Å². The van der Waals surface area contributed by atoms with Gasteiger partial charge in [0, 0.05) is 13.2 Å². The van der Waals surface area contributed by atoms with Crippen LogP contribution in [0.25, 0.3) is 0 Å². The molecule has 0 aliphatic heterocycles. The molecule has 0 aromatic heterocycles. The monoisotopic (exact) mass is 303 g/mol. The molecule has 4 rings (SSSR count). The van der Waals surface area contributed by atoms with E-state index >= 15 is 0 Å². The van der Waals surface area contributed by atoms with Crippen LogP contribution in [0.4, 0.5) is 0 Å². The van der Waals surface area contributed by atoms with Crippen LogP contribution in [0.5, 0.6) is 0 Å². The largest absolute Gasteiger partial charge is 0.381 e. The second-order valence-corrected chi connectivity index (χ2v) is 9.09. The van der Waals surface area contributed by atoms with E-state index in [4.69, 9.17) is 10.5 Å². The summed E-state index contributed by atoms with van der Waals surface area (Å²) in [5.74, 6) is 2.66. The Morgan fingerprint density at radius 3 is 2.68 bits per heavy atom. The fourth-order valence-corrected chi connectivity index (χ4v) is 6.87. The Morgan fingerprint density at radius 2 is 1.91 bits per heavy atom. The quantitative estimate of drug-likeness (QED) is 0.733. The first-order valence-corrected chi connectivity index (χ1v) is 9.47. The lowest BCUT2D eigenvalue weighted by Gasteiger charge is -2.58. The Labute approximate surface area is 135 Å². The molecule has 7 atom stereocenters. The van der Waals surface area contributed by atoms with E-state index in [9.17, 15) is 0 Å². The highest BCUT2D eigenvalue weighted by atomic mass is 16.5. The van der Waals surface area contributed by atoms with Gasteiger partial charge in [0.25, 0.3) is 0 Å². The molecule has 0 aromatic carbocycles. The molecule has 3 fully saturated rings. The van der Waals surface area contributed by atoms with Gasteiger partial charge < -0.3 is 10.5 Å². The molecule has 3 saturated carbocycles. The van der Waals surface area contributed by atoms with Gasteiger partial charge in [-0.05, 0) is 80.0 Å². The van der Waals surface area contributed by atoms with Crippen LogP contribution in [0, 0.1) is 28.6 Å². The normalized spacial score (nSPS) is 54.2. The number of ether oxygens (including phenoxy) is 1. The average molecular weight is 303 g/mol. The van der Waals surface area contributed by atoms with Gasteiger partial charge in [-0.3, -0.25) is 0 Å². The van der Waals surface area contributed by atoms with Crippen LogP contribution in [-0.2, 0) is 4.74 Å². The predicted octanol–water partition coefficient (Wildman–Crippen LogP) is 4.29. The molecular weight excluding hydrogens is 270 g/mol. The zero-order valence-electron chi connectivity index (χ0n) is 14.6. The fourth-order valence-electron chi connectivity index (χ4n) is 6.87. The van der Waals surface area contributed by atoms with Gasteiger partial charge in [-0.25, -0.2) is 0 Å². The Morgan fingerprint density at radius 1 is 1.09 bits per heavy atom. The topological polar surface area (TPSA) is 35.2 Å². The van der Waals surface area contributed by atoms with Crippen LogP contribution in [0.2, 0.25) is 0 Å². The second kappa shape index (κ2) is 5.08. The molecule has 4 aliphatic carbocycles. The maximum atomic E-state index is 6.51. The van der Waals surface area contributed by atoms with Crippen molar-refractivity contribution in [2.75, 3.05) is 7.11 Å². The van der Waals surface area contributed by atoms with E-state index in [0.717, 1.165) is 17.8 Å². The lowest BCUT2D eigenvalue weighted by molar-refractivity contribution is -0.0445. The van der Waals surface area contributed by atoms with Crippen LogP contribution >= 0.6 is 0 Å². The molecule has 0 aromatic rings. The third-order valence-electron chi connectivity index (χ3n) is 8.47. The molecule has 2 nitrogen and oxygen atoms in total. The summed E-state index contributed by atoms with van der Waals surface area (Å²) in [5.41, 5.74) is 9.11. The van der Waals surface area contributed by atoms with Crippen molar-refractivity contribution in [2.24, 2.45) is 34.3 Å². The predicted molar refractivity (Wildman–Crippen MR) is 90.5 cm³/mol. The number of fused-ring (bicyclic) bond motifs is 5. The second-order valence-electron chi connectivity index (χ2n) is 9.09. The van der Waals surface area contributed by atoms with Crippen LogP contribution in [0.1, 0.15) is 65.2 Å². The van der Waals surface area contributed by atoms with E-state index < -0.39 is 0 Å². The van der Waals surface area contributed by atoms with Gasteiger partial charge in [-0.15, -0.1) is 0 Å². The fraction of sp³-hybridized carbons (Fsp3) is 0.900. The Kier molecular flexibility index (Phi) is 3.51. The highest BCUT2D eigenvalue weighted by Gasteiger charge is 2.57. The molecule has 22 heavy (non-hydrogen) atoms. The molecule has 2 unspecified atom stereocenters. The van der Waals surface area contributed by atoms with E-state index in [1.807, 2.05) is 7.11 Å². The number of hydrogen-bond acceptors (Lipinski definition) is 2. The lowest BCUT2D eigenvalue weighted by atomic mass is 9.48. The number of hydrogen-bond donors (Lipinski definition) is 1. The summed E-state index contributed by atoms with van der Waals surface area (Å²) in [7, 11) is 1.88. The molecule has 2 N–H and O–H groups in total. The van der Waals surface area contributed by atoms with E-state index in [-0.39, 0.29) is 0 Å². The highest BCUT2D eigenvalue weighted by Crippen LogP contribution is 2.64. The third-order valence-corrected chi connectivity index (χ3v) is 8.47. The molecular formula is C20H33NO. The first kappa shape index (κ1) is 15.2. The third kappa shape index (κ3) is 1.92. The molecule has 0 heterocycles. The van der Waals surface area contributed by atoms with Crippen LogP contribution < -0.4 is 5.73 Å². The Balaban J connectivity index is 1.64. The summed E-state index contributed by atoms with van der Waals surface area (Å²) in [4.78, 5) is 0. The van der Waals surface area contributed by atoms with Gasteiger partial charge in [-0.1, -0.05) is 25.5 Å². The molecule has 0 radical (unpaired) electrons. The summed E-state index contributed by atoms with van der Waals surface area (Å²) >= 11 is 0. The maximum absolute atomic E-state index is 6.51. The Bertz CT molecular complexity index is 486. The van der Waals surface area contributed by atoms with Crippen molar-refractivity contribution in [3.05, 3.63) is 11.6 Å². The van der Waals surface area contributed by atoms with Gasteiger partial charge in [0.1, 0.15) is 0 Å². The molecule has 0 amide bonds.